The highest BCUT2D eigenvalue weighted by atomic mass is 16.6. The fourth-order valence-electron chi connectivity index (χ4n) is 4.97. The van der Waals surface area contributed by atoms with Crippen LogP contribution in [0.3, 0.4) is 0 Å². The van der Waals surface area contributed by atoms with Gasteiger partial charge < -0.3 is 24.4 Å². The molecule has 0 amide bonds. The molecule has 120 valence electrons. The number of aliphatic hydroxyl groups is 1. The fourth-order valence-corrected chi connectivity index (χ4v) is 4.97. The third-order valence-electron chi connectivity index (χ3n) is 5.59. The second-order valence-corrected chi connectivity index (χ2v) is 6.91. The van der Waals surface area contributed by atoms with Gasteiger partial charge >= 0.3 is 11.9 Å². The Bertz CT molecular complexity index is 750. The quantitative estimate of drug-likeness (QED) is 0.666. The summed E-state index contributed by atoms with van der Waals surface area (Å²) >= 11 is 0. The average Bonchev–Trinajstić information content (AvgIpc) is 2.90. The lowest BCUT2D eigenvalue weighted by molar-refractivity contribution is -0.156. The topological polar surface area (TPSA) is 102 Å². The number of hydrogen-bond donors (Lipinski definition) is 2. The molecule has 4 aliphatic rings. The molecular weight excluding hydrogens is 304 g/mol. The van der Waals surface area contributed by atoms with E-state index in [0.29, 0.717) is 11.3 Å². The highest BCUT2D eigenvalue weighted by molar-refractivity contribution is 5.84. The van der Waals surface area contributed by atoms with Gasteiger partial charge in [-0.2, -0.15) is 0 Å². The van der Waals surface area contributed by atoms with Crippen LogP contribution in [0.15, 0.2) is 18.2 Å². The van der Waals surface area contributed by atoms with Crippen LogP contribution >= 0.6 is 0 Å². The van der Waals surface area contributed by atoms with E-state index in [1.165, 1.54) is 12.1 Å². The summed E-state index contributed by atoms with van der Waals surface area (Å²) in [4.78, 5) is 23.9. The minimum absolute atomic E-state index is 0.00722. The molecular formula is C16H14O7. The molecule has 0 spiro atoms. The molecule has 2 N–H and O–H groups in total. The number of esters is 2. The summed E-state index contributed by atoms with van der Waals surface area (Å²) in [5, 5.41) is 20.8. The summed E-state index contributed by atoms with van der Waals surface area (Å²) in [7, 11) is 0. The van der Waals surface area contributed by atoms with Crippen molar-refractivity contribution in [1.29, 1.82) is 0 Å². The zero-order valence-electron chi connectivity index (χ0n) is 12.1. The summed E-state index contributed by atoms with van der Waals surface area (Å²) in [5.74, 6) is -1.01. The minimum Gasteiger partial charge on any atom is -0.508 e. The maximum atomic E-state index is 11.9. The van der Waals surface area contributed by atoms with Crippen molar-refractivity contribution < 1.29 is 34.0 Å². The molecule has 2 unspecified atom stereocenters. The van der Waals surface area contributed by atoms with Crippen LogP contribution in [-0.2, 0) is 19.1 Å². The van der Waals surface area contributed by atoms with Crippen molar-refractivity contribution in [3.05, 3.63) is 23.8 Å². The van der Waals surface area contributed by atoms with Crippen LogP contribution in [0, 0.1) is 0 Å². The van der Waals surface area contributed by atoms with E-state index in [-0.39, 0.29) is 31.6 Å². The summed E-state index contributed by atoms with van der Waals surface area (Å²) in [6.45, 7) is -0.00722. The van der Waals surface area contributed by atoms with Crippen LogP contribution in [0.25, 0.3) is 0 Å². The highest BCUT2D eigenvalue weighted by Gasteiger charge is 2.82. The second kappa shape index (κ2) is 3.62. The van der Waals surface area contributed by atoms with Crippen molar-refractivity contribution in [2.24, 2.45) is 0 Å². The predicted octanol–water partition coefficient (Wildman–Crippen LogP) is 0.374. The maximum Gasteiger partial charge on any atom is 0.310 e. The zero-order chi connectivity index (χ0) is 16.0. The van der Waals surface area contributed by atoms with Crippen LogP contribution in [0.4, 0.5) is 0 Å². The third-order valence-corrected chi connectivity index (χ3v) is 5.59. The van der Waals surface area contributed by atoms with Gasteiger partial charge in [0.05, 0.1) is 18.8 Å². The molecule has 1 aromatic carbocycles. The van der Waals surface area contributed by atoms with Gasteiger partial charge in [0, 0.05) is 18.1 Å². The first-order valence-corrected chi connectivity index (χ1v) is 7.49. The third kappa shape index (κ3) is 1.35. The van der Waals surface area contributed by atoms with E-state index in [1.54, 1.807) is 6.07 Å². The molecule has 0 bridgehead atoms. The number of carbonyl (C=O) groups excluding carboxylic acids is 2. The molecule has 0 aromatic heterocycles. The van der Waals surface area contributed by atoms with Crippen molar-refractivity contribution in [3.63, 3.8) is 0 Å². The monoisotopic (exact) mass is 318 g/mol. The molecule has 1 saturated carbocycles. The maximum absolute atomic E-state index is 11.9. The minimum atomic E-state index is -1.29. The second-order valence-electron chi connectivity index (χ2n) is 6.91. The van der Waals surface area contributed by atoms with Crippen LogP contribution in [0.2, 0.25) is 0 Å². The average molecular weight is 318 g/mol. The Morgan fingerprint density at radius 3 is 2.74 bits per heavy atom. The number of carbonyl (C=O) groups is 2. The Kier molecular flexibility index (Phi) is 2.07. The standard InChI is InChI=1S/C16H14O7/c17-8-1-2-9-10(3-8)21-7-14(20)6-15-4-11(18)23-16(15,13(9)14)5-12(19)22-15/h1-3,13,17,20H,4-7H2/t13-,14-,15?,16?/m1/s1. The normalized spacial score (nSPS) is 42.9. The van der Waals surface area contributed by atoms with Gasteiger partial charge in [0.1, 0.15) is 23.7 Å². The van der Waals surface area contributed by atoms with E-state index < -0.39 is 34.7 Å². The Hall–Kier alpha value is -2.28. The van der Waals surface area contributed by atoms with Gasteiger partial charge in [-0.3, -0.25) is 9.59 Å². The van der Waals surface area contributed by atoms with E-state index in [4.69, 9.17) is 14.2 Å². The van der Waals surface area contributed by atoms with Crippen molar-refractivity contribution >= 4 is 11.9 Å². The number of phenolic OH excluding ortho intramolecular Hbond substituents is 1. The molecule has 0 radical (unpaired) electrons. The SMILES string of the molecule is O=C1CC23OC(=O)CC2(C[C@@]2(O)COc4cc(O)ccc4[C@@H]32)O1. The first-order valence-electron chi connectivity index (χ1n) is 7.49. The number of fused-ring (bicyclic) bond motifs is 3. The molecule has 7 heteroatoms. The molecule has 1 aliphatic carbocycles. The van der Waals surface area contributed by atoms with Gasteiger partial charge in [0.15, 0.2) is 11.2 Å². The van der Waals surface area contributed by atoms with Gasteiger partial charge in [-0.15, -0.1) is 0 Å². The Labute approximate surface area is 130 Å². The fraction of sp³-hybridized carbons (Fsp3) is 0.500. The lowest BCUT2D eigenvalue weighted by Crippen LogP contribution is -2.50. The van der Waals surface area contributed by atoms with Gasteiger partial charge in [-0.05, 0) is 6.07 Å². The van der Waals surface area contributed by atoms with E-state index in [1.807, 2.05) is 0 Å². The summed E-state index contributed by atoms with van der Waals surface area (Å²) in [6, 6.07) is 4.58. The first kappa shape index (κ1) is 13.2. The highest BCUT2D eigenvalue weighted by Crippen LogP contribution is 2.68. The van der Waals surface area contributed by atoms with Crippen molar-refractivity contribution in [2.75, 3.05) is 6.61 Å². The van der Waals surface area contributed by atoms with E-state index in [0.717, 1.165) is 0 Å². The summed E-state index contributed by atoms with van der Waals surface area (Å²) < 4.78 is 16.7. The van der Waals surface area contributed by atoms with Crippen LogP contribution in [0.5, 0.6) is 11.5 Å². The number of rotatable bonds is 0. The predicted molar refractivity (Wildman–Crippen MR) is 72.8 cm³/mol. The molecule has 4 atom stereocenters. The number of hydrogen-bond acceptors (Lipinski definition) is 7. The van der Waals surface area contributed by atoms with Crippen molar-refractivity contribution in [1.82, 2.24) is 0 Å². The molecule has 7 nitrogen and oxygen atoms in total. The molecule has 1 aromatic rings. The van der Waals surface area contributed by atoms with E-state index >= 15 is 0 Å². The van der Waals surface area contributed by atoms with Crippen molar-refractivity contribution in [3.8, 4) is 11.5 Å². The molecule has 2 saturated heterocycles. The zero-order valence-corrected chi connectivity index (χ0v) is 12.1. The Morgan fingerprint density at radius 2 is 1.91 bits per heavy atom. The van der Waals surface area contributed by atoms with Gasteiger partial charge in [-0.25, -0.2) is 0 Å². The lowest BCUT2D eigenvalue weighted by Gasteiger charge is -2.41. The van der Waals surface area contributed by atoms with Gasteiger partial charge in [-0.1, -0.05) is 6.07 Å². The molecule has 3 heterocycles. The van der Waals surface area contributed by atoms with Crippen LogP contribution in [0.1, 0.15) is 30.7 Å². The first-order chi connectivity index (χ1) is 10.9. The molecule has 23 heavy (non-hydrogen) atoms. The number of ether oxygens (including phenoxy) is 3. The lowest BCUT2D eigenvalue weighted by atomic mass is 9.73. The van der Waals surface area contributed by atoms with Gasteiger partial charge in [0.25, 0.3) is 0 Å². The van der Waals surface area contributed by atoms with E-state index in [2.05, 4.69) is 0 Å². The number of aromatic hydroxyl groups is 1. The Balaban J connectivity index is 1.76. The molecule has 3 aliphatic heterocycles. The van der Waals surface area contributed by atoms with Crippen molar-refractivity contribution in [2.45, 2.75) is 42.0 Å². The number of phenols is 1. The van der Waals surface area contributed by atoms with Crippen LogP contribution < -0.4 is 4.74 Å². The summed E-state index contributed by atoms with van der Waals surface area (Å²) in [5.41, 5.74) is -3.01. The molecule has 3 fully saturated rings. The smallest absolute Gasteiger partial charge is 0.310 e. The van der Waals surface area contributed by atoms with E-state index in [9.17, 15) is 19.8 Å². The van der Waals surface area contributed by atoms with Gasteiger partial charge in [0.2, 0.25) is 0 Å². The Morgan fingerprint density at radius 1 is 1.13 bits per heavy atom. The molecule has 5 rings (SSSR count). The number of benzene rings is 1. The largest absolute Gasteiger partial charge is 0.508 e. The van der Waals surface area contributed by atoms with Crippen LogP contribution in [-0.4, -0.2) is 45.6 Å². The summed E-state index contributed by atoms with van der Waals surface area (Å²) in [6.07, 6.45) is -0.0283.